The van der Waals surface area contributed by atoms with Crippen LogP contribution in [-0.2, 0) is 9.84 Å². The van der Waals surface area contributed by atoms with Gasteiger partial charge in [0.1, 0.15) is 0 Å². The average molecular weight is 678 g/mol. The zero-order valence-corrected chi connectivity index (χ0v) is 27.0. The summed E-state index contributed by atoms with van der Waals surface area (Å²) in [6, 6.07) is 41.1. The van der Waals surface area contributed by atoms with Crippen molar-refractivity contribution in [1.82, 2.24) is 0 Å². The van der Waals surface area contributed by atoms with Crippen molar-refractivity contribution < 1.29 is 18.0 Å². The van der Waals surface area contributed by atoms with Gasteiger partial charge in [0, 0.05) is 32.5 Å². The quantitative estimate of drug-likeness (QED) is 0.168. The van der Waals surface area contributed by atoms with E-state index in [1.165, 1.54) is 0 Å². The molecule has 0 saturated carbocycles. The summed E-state index contributed by atoms with van der Waals surface area (Å²) in [5, 5.41) is 6.86. The average Bonchev–Trinajstić information content (AvgIpc) is 3.09. The lowest BCUT2D eigenvalue weighted by atomic mass is 10.1. The molecule has 0 bridgehead atoms. The Labute approximate surface area is 282 Å². The molecule has 0 aliphatic heterocycles. The molecule has 0 heterocycles. The van der Waals surface area contributed by atoms with Crippen LogP contribution in [-0.4, -0.2) is 20.2 Å². The zero-order chi connectivity index (χ0) is 33.0. The van der Waals surface area contributed by atoms with Crippen molar-refractivity contribution in [3.8, 4) is 22.3 Å². The zero-order valence-electron chi connectivity index (χ0n) is 24.7. The Bertz CT molecular complexity index is 2030. The molecule has 0 spiro atoms. The summed E-state index contributed by atoms with van der Waals surface area (Å²) in [6.07, 6.45) is 0. The standard InChI is InChI=1S/C38H26Cl2N2O4S/c39-31-15-7-27(8-16-31)37(43)41-33-5-1-3-29(23-33)25-11-19-35(20-12-25)47(45,46)36-21-13-26(14-22-36)30-4-2-6-34(24-30)42-38(44)28-9-17-32(40)18-10-28/h1-24H,(H,41,43)(H,42,44). The van der Waals surface area contributed by atoms with E-state index in [0.29, 0.717) is 32.5 Å². The van der Waals surface area contributed by atoms with Gasteiger partial charge in [-0.3, -0.25) is 9.59 Å². The maximum atomic E-state index is 13.5. The second-order valence-electron chi connectivity index (χ2n) is 10.6. The van der Waals surface area contributed by atoms with E-state index in [4.69, 9.17) is 23.2 Å². The van der Waals surface area contributed by atoms with Crippen molar-refractivity contribution in [2.45, 2.75) is 9.79 Å². The topological polar surface area (TPSA) is 92.3 Å². The lowest BCUT2D eigenvalue weighted by Crippen LogP contribution is -2.11. The number of sulfone groups is 1. The first-order valence-corrected chi connectivity index (χ1v) is 16.7. The summed E-state index contributed by atoms with van der Waals surface area (Å²) in [4.78, 5) is 25.6. The molecular weight excluding hydrogens is 651 g/mol. The number of hydrogen-bond acceptors (Lipinski definition) is 4. The second-order valence-corrected chi connectivity index (χ2v) is 13.5. The Morgan fingerprint density at radius 3 is 1.17 bits per heavy atom. The smallest absolute Gasteiger partial charge is 0.255 e. The van der Waals surface area contributed by atoms with Gasteiger partial charge in [-0.1, -0.05) is 71.7 Å². The predicted octanol–water partition coefficient (Wildman–Crippen LogP) is 9.66. The van der Waals surface area contributed by atoms with E-state index < -0.39 is 9.84 Å². The third-order valence-electron chi connectivity index (χ3n) is 7.45. The fraction of sp³-hybridized carbons (Fsp3) is 0. The highest BCUT2D eigenvalue weighted by Gasteiger charge is 2.18. The third kappa shape index (κ3) is 7.45. The largest absolute Gasteiger partial charge is 0.322 e. The molecule has 0 aliphatic rings. The van der Waals surface area contributed by atoms with Crippen molar-refractivity contribution in [2.75, 3.05) is 10.6 Å². The Balaban J connectivity index is 1.14. The molecule has 9 heteroatoms. The van der Waals surface area contributed by atoms with E-state index in [0.717, 1.165) is 22.3 Å². The highest BCUT2D eigenvalue weighted by Crippen LogP contribution is 2.29. The number of anilines is 2. The summed E-state index contributed by atoms with van der Waals surface area (Å²) in [5.41, 5.74) is 5.40. The molecule has 6 aromatic rings. The van der Waals surface area contributed by atoms with Crippen LogP contribution in [0.15, 0.2) is 155 Å². The van der Waals surface area contributed by atoms with E-state index >= 15 is 0 Å². The summed E-state index contributed by atoms with van der Waals surface area (Å²) in [7, 11) is -3.79. The van der Waals surface area contributed by atoms with Crippen LogP contribution in [0.4, 0.5) is 11.4 Å². The van der Waals surface area contributed by atoms with E-state index in [2.05, 4.69) is 10.6 Å². The van der Waals surface area contributed by atoms with Gasteiger partial charge in [0.25, 0.3) is 11.8 Å². The number of hydrogen-bond donors (Lipinski definition) is 2. The summed E-state index contributed by atoms with van der Waals surface area (Å²) in [6.45, 7) is 0. The van der Waals surface area contributed by atoms with Crippen LogP contribution in [0.3, 0.4) is 0 Å². The van der Waals surface area contributed by atoms with Gasteiger partial charge in [0.05, 0.1) is 9.79 Å². The van der Waals surface area contributed by atoms with Crippen LogP contribution in [0.25, 0.3) is 22.3 Å². The minimum absolute atomic E-state index is 0.160. The molecule has 6 rings (SSSR count). The number of halogens is 2. The number of carbonyl (C=O) groups is 2. The van der Waals surface area contributed by atoms with Gasteiger partial charge in [0.15, 0.2) is 0 Å². The van der Waals surface area contributed by atoms with Crippen molar-refractivity contribution >= 4 is 56.2 Å². The van der Waals surface area contributed by atoms with Crippen LogP contribution in [0.1, 0.15) is 20.7 Å². The van der Waals surface area contributed by atoms with Gasteiger partial charge in [-0.15, -0.1) is 0 Å². The molecule has 0 aromatic heterocycles. The van der Waals surface area contributed by atoms with Crippen molar-refractivity contribution in [3.05, 3.63) is 167 Å². The molecule has 0 fully saturated rings. The molecule has 0 atom stereocenters. The van der Waals surface area contributed by atoms with Gasteiger partial charge >= 0.3 is 0 Å². The molecule has 2 amide bonds. The Hall–Kier alpha value is -5.21. The molecule has 6 aromatic carbocycles. The number of rotatable bonds is 8. The van der Waals surface area contributed by atoms with E-state index in [1.54, 1.807) is 109 Å². The lowest BCUT2D eigenvalue weighted by Gasteiger charge is -2.10. The van der Waals surface area contributed by atoms with Crippen LogP contribution in [0.5, 0.6) is 0 Å². The van der Waals surface area contributed by atoms with Gasteiger partial charge in [-0.2, -0.15) is 0 Å². The van der Waals surface area contributed by atoms with Crippen molar-refractivity contribution in [3.63, 3.8) is 0 Å². The number of benzene rings is 6. The first-order chi connectivity index (χ1) is 22.7. The minimum atomic E-state index is -3.79. The number of amides is 2. The third-order valence-corrected chi connectivity index (χ3v) is 9.74. The summed E-state index contributed by atoms with van der Waals surface area (Å²) in [5.74, 6) is -0.528. The summed E-state index contributed by atoms with van der Waals surface area (Å²) >= 11 is 11.8. The lowest BCUT2D eigenvalue weighted by molar-refractivity contribution is 0.101. The van der Waals surface area contributed by atoms with Crippen molar-refractivity contribution in [2.24, 2.45) is 0 Å². The Morgan fingerprint density at radius 2 is 0.809 bits per heavy atom. The molecule has 232 valence electrons. The summed E-state index contributed by atoms with van der Waals surface area (Å²) < 4.78 is 27.0. The fourth-order valence-electron chi connectivity index (χ4n) is 4.95. The van der Waals surface area contributed by atoms with Crippen LogP contribution in [0, 0.1) is 0 Å². The molecule has 0 saturated heterocycles. The highest BCUT2D eigenvalue weighted by atomic mass is 35.5. The van der Waals surface area contributed by atoms with Crippen molar-refractivity contribution in [1.29, 1.82) is 0 Å². The maximum Gasteiger partial charge on any atom is 0.255 e. The molecule has 47 heavy (non-hydrogen) atoms. The maximum absolute atomic E-state index is 13.5. The Kier molecular flexibility index (Phi) is 9.22. The van der Waals surface area contributed by atoms with Gasteiger partial charge in [-0.05, 0) is 119 Å². The van der Waals surface area contributed by atoms with Gasteiger partial charge in [-0.25, -0.2) is 8.42 Å². The highest BCUT2D eigenvalue weighted by molar-refractivity contribution is 7.91. The van der Waals surface area contributed by atoms with Gasteiger partial charge in [0.2, 0.25) is 9.84 Å². The van der Waals surface area contributed by atoms with Crippen LogP contribution in [0.2, 0.25) is 10.0 Å². The first-order valence-electron chi connectivity index (χ1n) is 14.5. The van der Waals surface area contributed by atoms with E-state index in [-0.39, 0.29) is 21.6 Å². The molecule has 0 aliphatic carbocycles. The second kappa shape index (κ2) is 13.6. The number of nitrogens with one attached hydrogen (secondary N) is 2. The first kappa shape index (κ1) is 31.8. The molecule has 0 unspecified atom stereocenters. The molecule has 0 radical (unpaired) electrons. The van der Waals surface area contributed by atoms with E-state index in [9.17, 15) is 18.0 Å². The molecular formula is C38H26Cl2N2O4S. The van der Waals surface area contributed by atoms with Gasteiger partial charge < -0.3 is 10.6 Å². The van der Waals surface area contributed by atoms with Crippen LogP contribution < -0.4 is 10.6 Å². The minimum Gasteiger partial charge on any atom is -0.322 e. The Morgan fingerprint density at radius 1 is 0.447 bits per heavy atom. The SMILES string of the molecule is O=C(Nc1cccc(-c2ccc(S(=O)(=O)c3ccc(-c4cccc(NC(=O)c5ccc(Cl)cc5)c4)cc3)cc2)c1)c1ccc(Cl)cc1. The molecule has 2 N–H and O–H groups in total. The normalized spacial score (nSPS) is 11.1. The fourth-order valence-corrected chi connectivity index (χ4v) is 6.46. The van der Waals surface area contributed by atoms with Crippen LogP contribution >= 0.6 is 23.2 Å². The molecule has 6 nitrogen and oxygen atoms in total. The number of carbonyl (C=O) groups excluding carboxylic acids is 2. The monoisotopic (exact) mass is 676 g/mol. The van der Waals surface area contributed by atoms with E-state index in [1.807, 2.05) is 36.4 Å². The predicted molar refractivity (Wildman–Crippen MR) is 188 cm³/mol.